The number of nitrogens with zero attached hydrogens (tertiary/aromatic N) is 1. The Balaban J connectivity index is 2.14. The molecule has 0 fully saturated rings. The summed E-state index contributed by atoms with van der Waals surface area (Å²) >= 11 is 0. The molecule has 1 aromatic carbocycles. The second-order valence-electron chi connectivity index (χ2n) is 4.29. The van der Waals surface area contributed by atoms with Crippen molar-refractivity contribution in [1.29, 1.82) is 5.26 Å². The van der Waals surface area contributed by atoms with Gasteiger partial charge in [0.1, 0.15) is 18.5 Å². The molecule has 108 valence electrons. The number of nitrogens with one attached hydrogen (secondary N) is 2. The largest absolute Gasteiger partial charge is 0.491 e. The van der Waals surface area contributed by atoms with Crippen LogP contribution >= 0.6 is 0 Å². The van der Waals surface area contributed by atoms with Gasteiger partial charge in [0.15, 0.2) is 0 Å². The summed E-state index contributed by atoms with van der Waals surface area (Å²) in [4.78, 5) is 10.6. The monoisotopic (exact) mass is 277 g/mol. The van der Waals surface area contributed by atoms with Crippen LogP contribution in [0.5, 0.6) is 5.75 Å². The van der Waals surface area contributed by atoms with Crippen LogP contribution in [0, 0.1) is 11.3 Å². The predicted octanol–water partition coefficient (Wildman–Crippen LogP) is 0.0237. The van der Waals surface area contributed by atoms with Crippen molar-refractivity contribution < 1.29 is 14.6 Å². The van der Waals surface area contributed by atoms with Gasteiger partial charge in [0, 0.05) is 26.6 Å². The Hall–Kier alpha value is -2.10. The van der Waals surface area contributed by atoms with Gasteiger partial charge in [0.25, 0.3) is 0 Å². The van der Waals surface area contributed by atoms with Gasteiger partial charge in [-0.25, -0.2) is 0 Å². The molecule has 0 aliphatic carbocycles. The number of carbonyl (C=O) groups is 1. The van der Waals surface area contributed by atoms with Crippen LogP contribution in [0.2, 0.25) is 0 Å². The average molecular weight is 277 g/mol. The van der Waals surface area contributed by atoms with E-state index in [0.717, 1.165) is 0 Å². The first-order valence-corrected chi connectivity index (χ1v) is 6.38. The van der Waals surface area contributed by atoms with Crippen molar-refractivity contribution in [3.63, 3.8) is 0 Å². The summed E-state index contributed by atoms with van der Waals surface area (Å²) in [5.41, 5.74) is 0.567. The van der Waals surface area contributed by atoms with E-state index in [2.05, 4.69) is 10.6 Å². The lowest BCUT2D eigenvalue weighted by atomic mass is 10.2. The zero-order chi connectivity index (χ0) is 14.8. The topological polar surface area (TPSA) is 94.4 Å². The van der Waals surface area contributed by atoms with E-state index in [1.807, 2.05) is 6.07 Å². The number of hydrogen-bond acceptors (Lipinski definition) is 5. The molecule has 0 radical (unpaired) electrons. The van der Waals surface area contributed by atoms with Crippen LogP contribution < -0.4 is 15.4 Å². The van der Waals surface area contributed by atoms with E-state index in [4.69, 9.17) is 10.00 Å². The summed E-state index contributed by atoms with van der Waals surface area (Å²) in [5, 5.41) is 24.0. The summed E-state index contributed by atoms with van der Waals surface area (Å²) in [5.74, 6) is 0.540. The molecule has 1 atom stereocenters. The molecule has 0 bridgehead atoms. The number of rotatable bonds is 8. The predicted molar refractivity (Wildman–Crippen MR) is 74.2 cm³/mol. The standard InChI is InChI=1S/C14H19N3O3/c1-11(18)17-7-6-16-9-13(19)10-20-14-4-2-12(8-15)3-5-14/h2-5,13,16,19H,6-7,9-10H2,1H3,(H,17,18). The van der Waals surface area contributed by atoms with E-state index < -0.39 is 6.10 Å². The van der Waals surface area contributed by atoms with Crippen LogP contribution in [0.1, 0.15) is 12.5 Å². The molecule has 0 saturated carbocycles. The smallest absolute Gasteiger partial charge is 0.216 e. The fraction of sp³-hybridized carbons (Fsp3) is 0.429. The van der Waals surface area contributed by atoms with Crippen molar-refractivity contribution in [2.45, 2.75) is 13.0 Å². The maximum absolute atomic E-state index is 10.6. The Kier molecular flexibility index (Phi) is 7.11. The number of hydrogen-bond donors (Lipinski definition) is 3. The number of aliphatic hydroxyl groups excluding tert-OH is 1. The first kappa shape index (κ1) is 16.0. The molecular weight excluding hydrogens is 258 g/mol. The van der Waals surface area contributed by atoms with E-state index >= 15 is 0 Å². The zero-order valence-electron chi connectivity index (χ0n) is 11.4. The van der Waals surface area contributed by atoms with Gasteiger partial charge in [-0.1, -0.05) is 0 Å². The Morgan fingerprint density at radius 3 is 2.70 bits per heavy atom. The van der Waals surface area contributed by atoms with E-state index in [-0.39, 0.29) is 12.5 Å². The first-order chi connectivity index (χ1) is 9.61. The number of nitriles is 1. The minimum Gasteiger partial charge on any atom is -0.491 e. The highest BCUT2D eigenvalue weighted by atomic mass is 16.5. The molecule has 1 rings (SSSR count). The van der Waals surface area contributed by atoms with E-state index in [1.54, 1.807) is 24.3 Å². The molecule has 0 aliphatic heterocycles. The third-order valence-electron chi connectivity index (χ3n) is 2.48. The van der Waals surface area contributed by atoms with Gasteiger partial charge >= 0.3 is 0 Å². The highest BCUT2D eigenvalue weighted by Gasteiger charge is 2.04. The molecule has 0 aliphatic rings. The van der Waals surface area contributed by atoms with Crippen molar-refractivity contribution in [3.05, 3.63) is 29.8 Å². The third-order valence-corrected chi connectivity index (χ3v) is 2.48. The van der Waals surface area contributed by atoms with Gasteiger partial charge in [0.05, 0.1) is 11.6 Å². The Bertz CT molecular complexity index is 454. The van der Waals surface area contributed by atoms with Crippen LogP contribution in [-0.4, -0.2) is 43.4 Å². The highest BCUT2D eigenvalue weighted by molar-refractivity contribution is 5.72. The minimum absolute atomic E-state index is 0.0727. The van der Waals surface area contributed by atoms with Gasteiger partial charge in [-0.15, -0.1) is 0 Å². The Morgan fingerprint density at radius 1 is 1.40 bits per heavy atom. The number of aliphatic hydroxyl groups is 1. The fourth-order valence-corrected chi connectivity index (χ4v) is 1.47. The summed E-state index contributed by atoms with van der Waals surface area (Å²) in [6, 6.07) is 8.72. The molecule has 6 heteroatoms. The van der Waals surface area contributed by atoms with Crippen molar-refractivity contribution in [2.75, 3.05) is 26.2 Å². The molecule has 6 nitrogen and oxygen atoms in total. The lowest BCUT2D eigenvalue weighted by Crippen LogP contribution is -2.36. The van der Waals surface area contributed by atoms with E-state index in [0.29, 0.717) is 30.9 Å². The molecule has 1 aromatic rings. The summed E-state index contributed by atoms with van der Waals surface area (Å²) < 4.78 is 5.39. The van der Waals surface area contributed by atoms with Gasteiger partial charge < -0.3 is 20.5 Å². The van der Waals surface area contributed by atoms with Gasteiger partial charge in [-0.3, -0.25) is 4.79 Å². The molecule has 0 heterocycles. The SMILES string of the molecule is CC(=O)NCCNCC(O)COc1ccc(C#N)cc1. The first-order valence-electron chi connectivity index (χ1n) is 6.38. The zero-order valence-corrected chi connectivity index (χ0v) is 11.4. The molecule has 0 saturated heterocycles. The van der Waals surface area contributed by atoms with Crippen molar-refractivity contribution in [2.24, 2.45) is 0 Å². The number of amides is 1. The third kappa shape index (κ3) is 6.73. The molecule has 1 amide bonds. The van der Waals surface area contributed by atoms with Crippen molar-refractivity contribution in [1.82, 2.24) is 10.6 Å². The highest BCUT2D eigenvalue weighted by Crippen LogP contribution is 2.11. The number of carbonyl (C=O) groups excluding carboxylic acids is 1. The molecule has 0 spiro atoms. The maximum Gasteiger partial charge on any atom is 0.216 e. The van der Waals surface area contributed by atoms with Crippen LogP contribution in [0.4, 0.5) is 0 Å². The minimum atomic E-state index is -0.636. The summed E-state index contributed by atoms with van der Waals surface area (Å²) in [6.45, 7) is 3.13. The normalized spacial score (nSPS) is 11.4. The molecule has 0 aromatic heterocycles. The quantitative estimate of drug-likeness (QED) is 0.583. The van der Waals surface area contributed by atoms with Crippen molar-refractivity contribution in [3.8, 4) is 11.8 Å². The lowest BCUT2D eigenvalue weighted by Gasteiger charge is -2.13. The molecular formula is C14H19N3O3. The van der Waals surface area contributed by atoms with E-state index in [1.165, 1.54) is 6.92 Å². The number of ether oxygens (including phenoxy) is 1. The lowest BCUT2D eigenvalue weighted by molar-refractivity contribution is -0.118. The second-order valence-corrected chi connectivity index (χ2v) is 4.29. The number of benzene rings is 1. The molecule has 3 N–H and O–H groups in total. The van der Waals surface area contributed by atoms with Crippen LogP contribution in [0.15, 0.2) is 24.3 Å². The van der Waals surface area contributed by atoms with Crippen LogP contribution in [0.3, 0.4) is 0 Å². The van der Waals surface area contributed by atoms with Gasteiger partial charge in [-0.2, -0.15) is 5.26 Å². The summed E-state index contributed by atoms with van der Waals surface area (Å²) in [7, 11) is 0. The maximum atomic E-state index is 10.6. The van der Waals surface area contributed by atoms with E-state index in [9.17, 15) is 9.90 Å². The molecule has 20 heavy (non-hydrogen) atoms. The summed E-state index contributed by atoms with van der Waals surface area (Å²) in [6.07, 6.45) is -0.636. The van der Waals surface area contributed by atoms with Crippen molar-refractivity contribution >= 4 is 5.91 Å². The average Bonchev–Trinajstić information content (AvgIpc) is 2.45. The Morgan fingerprint density at radius 2 is 2.10 bits per heavy atom. The van der Waals surface area contributed by atoms with Gasteiger partial charge in [-0.05, 0) is 24.3 Å². The van der Waals surface area contributed by atoms with Crippen LogP contribution in [0.25, 0.3) is 0 Å². The van der Waals surface area contributed by atoms with Gasteiger partial charge in [0.2, 0.25) is 5.91 Å². The Labute approximate surface area is 118 Å². The second kappa shape index (κ2) is 8.91. The van der Waals surface area contributed by atoms with Crippen LogP contribution in [-0.2, 0) is 4.79 Å². The fourth-order valence-electron chi connectivity index (χ4n) is 1.47. The molecule has 1 unspecified atom stereocenters.